The SMILES string of the molecule is C.C=C(C)C(=O)OCCOC. The third kappa shape index (κ3) is 7.06. The molecule has 0 amide bonds. The van der Waals surface area contributed by atoms with Crippen molar-refractivity contribution < 1.29 is 14.3 Å². The van der Waals surface area contributed by atoms with Crippen LogP contribution in [0.25, 0.3) is 0 Å². The Labute approximate surface area is 68.0 Å². The lowest BCUT2D eigenvalue weighted by Crippen LogP contribution is -2.09. The molecule has 0 saturated carbocycles. The Morgan fingerprint density at radius 3 is 2.36 bits per heavy atom. The van der Waals surface area contributed by atoms with Crippen molar-refractivity contribution in [1.29, 1.82) is 0 Å². The molecule has 0 aromatic heterocycles. The van der Waals surface area contributed by atoms with Gasteiger partial charge in [-0.2, -0.15) is 0 Å². The molecule has 11 heavy (non-hydrogen) atoms. The summed E-state index contributed by atoms with van der Waals surface area (Å²) in [6, 6.07) is 0. The van der Waals surface area contributed by atoms with Crippen LogP contribution in [-0.4, -0.2) is 26.3 Å². The van der Waals surface area contributed by atoms with Crippen LogP contribution in [0.4, 0.5) is 0 Å². The lowest BCUT2D eigenvalue weighted by molar-refractivity contribution is -0.140. The summed E-state index contributed by atoms with van der Waals surface area (Å²) in [7, 11) is 1.55. The van der Waals surface area contributed by atoms with Gasteiger partial charge in [-0.25, -0.2) is 4.79 Å². The summed E-state index contributed by atoms with van der Waals surface area (Å²) >= 11 is 0. The fourth-order valence-electron chi connectivity index (χ4n) is 0.341. The summed E-state index contributed by atoms with van der Waals surface area (Å²) in [5.74, 6) is -0.364. The van der Waals surface area contributed by atoms with Crippen LogP contribution in [0, 0.1) is 0 Å². The Hall–Kier alpha value is -0.830. The highest BCUT2D eigenvalue weighted by Gasteiger charge is 2.00. The summed E-state index contributed by atoms with van der Waals surface area (Å²) in [6.07, 6.45) is 0. The molecular formula is C8H16O3. The van der Waals surface area contributed by atoms with Gasteiger partial charge in [-0.05, 0) is 6.92 Å². The van der Waals surface area contributed by atoms with Crippen molar-refractivity contribution in [2.24, 2.45) is 0 Å². The molecule has 0 unspecified atom stereocenters. The maximum Gasteiger partial charge on any atom is 0.333 e. The van der Waals surface area contributed by atoms with Gasteiger partial charge >= 0.3 is 5.97 Å². The zero-order chi connectivity index (χ0) is 7.98. The summed E-state index contributed by atoms with van der Waals surface area (Å²) in [5.41, 5.74) is 0.413. The second-order valence-electron chi connectivity index (χ2n) is 1.91. The molecule has 0 saturated heterocycles. The van der Waals surface area contributed by atoms with Crippen LogP contribution >= 0.6 is 0 Å². The average molecular weight is 160 g/mol. The van der Waals surface area contributed by atoms with E-state index in [1.807, 2.05) is 0 Å². The average Bonchev–Trinajstić information content (AvgIpc) is 1.88. The molecule has 0 spiro atoms. The van der Waals surface area contributed by atoms with Crippen LogP contribution in [0.1, 0.15) is 14.4 Å². The number of methoxy groups -OCH3 is 1. The van der Waals surface area contributed by atoms with Crippen molar-refractivity contribution in [3.8, 4) is 0 Å². The van der Waals surface area contributed by atoms with Crippen molar-refractivity contribution in [2.45, 2.75) is 14.4 Å². The van der Waals surface area contributed by atoms with Crippen LogP contribution in [0.3, 0.4) is 0 Å². The number of esters is 1. The van der Waals surface area contributed by atoms with E-state index in [2.05, 4.69) is 16.1 Å². The van der Waals surface area contributed by atoms with Crippen LogP contribution < -0.4 is 0 Å². The zero-order valence-electron chi connectivity index (χ0n) is 6.35. The van der Waals surface area contributed by atoms with E-state index in [0.717, 1.165) is 0 Å². The van der Waals surface area contributed by atoms with E-state index >= 15 is 0 Å². The molecule has 0 heterocycles. The fraction of sp³-hybridized carbons (Fsp3) is 0.625. The number of hydrogen-bond acceptors (Lipinski definition) is 3. The van der Waals surface area contributed by atoms with Gasteiger partial charge in [0.15, 0.2) is 0 Å². The molecule has 66 valence electrons. The maximum absolute atomic E-state index is 10.6. The zero-order valence-corrected chi connectivity index (χ0v) is 6.35. The first-order chi connectivity index (χ1) is 4.68. The minimum absolute atomic E-state index is 0. The Bertz CT molecular complexity index is 129. The quantitative estimate of drug-likeness (QED) is 0.354. The van der Waals surface area contributed by atoms with Crippen molar-refractivity contribution in [3.63, 3.8) is 0 Å². The molecule has 0 bridgehead atoms. The van der Waals surface area contributed by atoms with E-state index in [0.29, 0.717) is 18.8 Å². The smallest absolute Gasteiger partial charge is 0.333 e. The van der Waals surface area contributed by atoms with E-state index in [9.17, 15) is 4.79 Å². The van der Waals surface area contributed by atoms with E-state index in [4.69, 9.17) is 0 Å². The number of ether oxygens (including phenoxy) is 2. The Kier molecular flexibility index (Phi) is 8.48. The standard InChI is InChI=1S/C7H12O3.CH4/c1-6(2)7(8)10-5-4-9-3;/h1,4-5H2,2-3H3;1H4. The Balaban J connectivity index is 0. The van der Waals surface area contributed by atoms with Gasteiger partial charge in [0.1, 0.15) is 6.61 Å². The summed E-state index contributed by atoms with van der Waals surface area (Å²) < 4.78 is 9.35. The van der Waals surface area contributed by atoms with Gasteiger partial charge in [0.2, 0.25) is 0 Å². The number of rotatable bonds is 4. The maximum atomic E-state index is 10.6. The highest BCUT2D eigenvalue weighted by molar-refractivity contribution is 5.86. The first-order valence-corrected chi connectivity index (χ1v) is 3.00. The summed E-state index contributed by atoms with van der Waals surface area (Å²) in [5, 5.41) is 0. The minimum Gasteiger partial charge on any atom is -0.460 e. The molecule has 0 atom stereocenters. The first kappa shape index (κ1) is 12.8. The van der Waals surface area contributed by atoms with Crippen molar-refractivity contribution in [3.05, 3.63) is 12.2 Å². The monoisotopic (exact) mass is 160 g/mol. The van der Waals surface area contributed by atoms with Crippen molar-refractivity contribution in [1.82, 2.24) is 0 Å². The molecular weight excluding hydrogens is 144 g/mol. The molecule has 3 heteroatoms. The molecule has 0 fully saturated rings. The Morgan fingerprint density at radius 2 is 2.00 bits per heavy atom. The van der Waals surface area contributed by atoms with Gasteiger partial charge in [0.25, 0.3) is 0 Å². The molecule has 0 aliphatic rings. The highest BCUT2D eigenvalue weighted by atomic mass is 16.6. The van der Waals surface area contributed by atoms with E-state index in [-0.39, 0.29) is 13.4 Å². The van der Waals surface area contributed by atoms with E-state index in [1.165, 1.54) is 0 Å². The van der Waals surface area contributed by atoms with Gasteiger partial charge in [0.05, 0.1) is 6.61 Å². The molecule has 0 rings (SSSR count). The van der Waals surface area contributed by atoms with Gasteiger partial charge < -0.3 is 9.47 Å². The molecule has 0 aromatic carbocycles. The third-order valence-corrected chi connectivity index (χ3v) is 0.869. The molecule has 0 N–H and O–H groups in total. The summed E-state index contributed by atoms with van der Waals surface area (Å²) in [6.45, 7) is 5.75. The minimum atomic E-state index is -0.364. The van der Waals surface area contributed by atoms with Crippen LogP contribution in [0.2, 0.25) is 0 Å². The second kappa shape index (κ2) is 7.28. The van der Waals surface area contributed by atoms with Gasteiger partial charge in [-0.1, -0.05) is 14.0 Å². The Morgan fingerprint density at radius 1 is 1.45 bits per heavy atom. The van der Waals surface area contributed by atoms with Crippen LogP contribution in [0.5, 0.6) is 0 Å². The number of hydrogen-bond donors (Lipinski definition) is 0. The topological polar surface area (TPSA) is 35.5 Å². The lowest BCUT2D eigenvalue weighted by Gasteiger charge is -2.01. The molecule has 3 nitrogen and oxygen atoms in total. The largest absolute Gasteiger partial charge is 0.460 e. The van der Waals surface area contributed by atoms with E-state index < -0.39 is 0 Å². The molecule has 0 aliphatic heterocycles. The predicted octanol–water partition coefficient (Wildman–Crippen LogP) is 1.39. The molecule has 0 aliphatic carbocycles. The highest BCUT2D eigenvalue weighted by Crippen LogP contribution is 1.90. The fourth-order valence-corrected chi connectivity index (χ4v) is 0.341. The molecule has 0 aromatic rings. The van der Waals surface area contributed by atoms with Crippen molar-refractivity contribution in [2.75, 3.05) is 20.3 Å². The number of carbonyl (C=O) groups is 1. The third-order valence-electron chi connectivity index (χ3n) is 0.869. The van der Waals surface area contributed by atoms with Gasteiger partial charge in [-0.3, -0.25) is 0 Å². The van der Waals surface area contributed by atoms with Crippen LogP contribution in [-0.2, 0) is 14.3 Å². The lowest BCUT2D eigenvalue weighted by atomic mass is 10.4. The van der Waals surface area contributed by atoms with Gasteiger partial charge in [0, 0.05) is 12.7 Å². The predicted molar refractivity (Wildman–Crippen MR) is 44.4 cm³/mol. The second-order valence-corrected chi connectivity index (χ2v) is 1.91. The van der Waals surface area contributed by atoms with Crippen molar-refractivity contribution >= 4 is 5.97 Å². The number of carbonyl (C=O) groups excluding carboxylic acids is 1. The summed E-state index contributed by atoms with van der Waals surface area (Å²) in [4.78, 5) is 10.6. The van der Waals surface area contributed by atoms with Gasteiger partial charge in [-0.15, -0.1) is 0 Å². The van der Waals surface area contributed by atoms with E-state index in [1.54, 1.807) is 14.0 Å². The first-order valence-electron chi connectivity index (χ1n) is 3.00. The molecule has 0 radical (unpaired) electrons. The normalized spacial score (nSPS) is 8.18. The van der Waals surface area contributed by atoms with Crippen LogP contribution in [0.15, 0.2) is 12.2 Å².